The van der Waals surface area contributed by atoms with Crippen molar-refractivity contribution in [3.63, 3.8) is 0 Å². The molecule has 0 heterocycles. The molecule has 0 atom stereocenters. The average molecular weight is 979 g/mol. The first-order valence-electron chi connectivity index (χ1n) is 21.8. The molecule has 0 unspecified atom stereocenters. The summed E-state index contributed by atoms with van der Waals surface area (Å²) in [7, 11) is 0. The van der Waals surface area contributed by atoms with E-state index in [1.54, 1.807) is 0 Å². The Balaban J connectivity index is 0.000000228. The van der Waals surface area contributed by atoms with Gasteiger partial charge in [0.25, 0.3) is 0 Å². The summed E-state index contributed by atoms with van der Waals surface area (Å²) in [6.07, 6.45) is 11.7. The molecule has 7 heteroatoms. The molecule has 8 aromatic rings. The number of fused-ring (bicyclic) bond motifs is 4. The van der Waals surface area contributed by atoms with Gasteiger partial charge in [0.15, 0.2) is 0 Å². The minimum Gasteiger partial charge on any atom is -0.164 e. The van der Waals surface area contributed by atoms with E-state index in [9.17, 15) is 13.2 Å². The Morgan fingerprint density at radius 3 is 1.24 bits per heavy atom. The van der Waals surface area contributed by atoms with E-state index in [1.165, 1.54) is 177 Å². The van der Waals surface area contributed by atoms with Crippen LogP contribution >= 0.6 is 24.8 Å². The van der Waals surface area contributed by atoms with Crippen molar-refractivity contribution in [1.82, 2.24) is 0 Å². The molecule has 0 N–H and O–H groups in total. The van der Waals surface area contributed by atoms with E-state index in [4.69, 9.17) is 0 Å². The standard InChI is InChI=1S/2C26H25.C3H4F3.CH3.2ClH.Si.Zr/c2*1-2-7-19(8-3-1)15-20-16-23-11-6-12-25(26(23)17-20)24-14-13-21-9-4-5-10-22(21)18-24;1-2-3(4,5)6;;;;;/h2*4-6,9-14,16-19H,1-3,7-8,15H2;1-2H2;1H3;2*1H;;/q4*-1;;;;. The largest absolute Gasteiger partial charge is 0.164 e. The smallest absolute Gasteiger partial charge is 0.0178 e. The van der Waals surface area contributed by atoms with Crippen molar-refractivity contribution in [1.29, 1.82) is 0 Å². The second-order valence-corrected chi connectivity index (χ2v) is 16.7. The molecule has 2 aliphatic rings. The zero-order valence-electron chi connectivity index (χ0n) is 36.4. The van der Waals surface area contributed by atoms with E-state index in [-0.39, 0.29) is 32.2 Å². The summed E-state index contributed by atoms with van der Waals surface area (Å²) in [5, 5.41) is 10.9. The number of rotatable bonds is 6. The second-order valence-electron chi connectivity index (χ2n) is 16.7. The number of halogens is 5. The van der Waals surface area contributed by atoms with E-state index in [1.807, 2.05) is 0 Å². The van der Waals surface area contributed by atoms with Gasteiger partial charge in [-0.2, -0.15) is 25.3 Å². The molecule has 0 spiro atoms. The molecule has 0 nitrogen and oxygen atoms in total. The fraction of sp³-hybridized carbons (Fsp3) is 0.286. The van der Waals surface area contributed by atoms with Crippen LogP contribution in [0.25, 0.3) is 65.3 Å². The van der Waals surface area contributed by atoms with Crippen LogP contribution in [-0.2, 0) is 36.2 Å². The van der Waals surface area contributed by atoms with Crippen molar-refractivity contribution >= 4 is 74.8 Å². The van der Waals surface area contributed by atoms with E-state index >= 15 is 0 Å². The van der Waals surface area contributed by atoms with Crippen molar-refractivity contribution in [3.8, 4) is 22.3 Å². The van der Waals surface area contributed by atoms with Crippen LogP contribution in [0.15, 0.2) is 146 Å². The van der Waals surface area contributed by atoms with E-state index < -0.39 is 12.6 Å². The Labute approximate surface area is 403 Å². The summed E-state index contributed by atoms with van der Waals surface area (Å²) < 4.78 is 32.2. The Bertz CT molecular complexity index is 2440. The summed E-state index contributed by atoms with van der Waals surface area (Å²) in [4.78, 5) is 0. The third-order valence-electron chi connectivity index (χ3n) is 12.5. The summed E-state index contributed by atoms with van der Waals surface area (Å²) in [5.41, 5.74) is 8.43. The van der Waals surface area contributed by atoms with Gasteiger partial charge in [-0.05, 0) is 69.5 Å². The summed E-state index contributed by atoms with van der Waals surface area (Å²) in [5.74, 6) is 1.79. The fourth-order valence-electron chi connectivity index (χ4n) is 9.50. The molecule has 0 saturated heterocycles. The zero-order chi connectivity index (χ0) is 41.9. The fourth-order valence-corrected chi connectivity index (χ4v) is 9.50. The van der Waals surface area contributed by atoms with Gasteiger partial charge in [0.2, 0.25) is 0 Å². The third-order valence-corrected chi connectivity index (χ3v) is 12.5. The molecule has 10 rings (SSSR count). The van der Waals surface area contributed by atoms with E-state index in [0.29, 0.717) is 0 Å². The van der Waals surface area contributed by atoms with Crippen LogP contribution in [0, 0.1) is 26.2 Å². The number of alkyl halides is 3. The molecular weight excluding hydrogens is 920 g/mol. The van der Waals surface area contributed by atoms with Gasteiger partial charge in [0.1, 0.15) is 0 Å². The maximum atomic E-state index is 10.7. The van der Waals surface area contributed by atoms with Gasteiger partial charge < -0.3 is 14.4 Å². The molecule has 2 aliphatic carbocycles. The molecule has 2 radical (unpaired) electrons. The molecule has 330 valence electrons. The van der Waals surface area contributed by atoms with Crippen LogP contribution in [-0.4, -0.2) is 13.1 Å². The first-order valence-corrected chi connectivity index (χ1v) is 25.9. The Morgan fingerprint density at radius 1 is 0.508 bits per heavy atom. The monoisotopic (exact) mass is 976 g/mol. The van der Waals surface area contributed by atoms with Gasteiger partial charge in [0, 0.05) is 0 Å². The van der Waals surface area contributed by atoms with Gasteiger partial charge >= 0.3 is 36.4 Å². The molecule has 2 saturated carbocycles. The molecule has 0 aliphatic heterocycles. The summed E-state index contributed by atoms with van der Waals surface area (Å²) in [6.45, 7) is 5.69. The van der Waals surface area contributed by atoms with E-state index in [2.05, 4.69) is 159 Å². The topological polar surface area (TPSA) is 0 Å². The Morgan fingerprint density at radius 2 is 0.873 bits per heavy atom. The SMILES string of the molecule is Cl.Cl.[CH2-]CC(F)(F)F.[CH3-].[Si]=[Zr].c1ccc2cc(-c3cccc4[cH-]c(CC5CCCCC5)cc34)ccc2c1.c1ccc2cc(-c3cccc4[cH-]c(CC5CCCCC5)cc34)ccc2c1. The zero-order valence-corrected chi connectivity index (χ0v) is 41.5. The number of benzene rings is 6. The molecule has 0 aromatic heterocycles. The van der Waals surface area contributed by atoms with Gasteiger partial charge in [-0.25, -0.2) is 0 Å². The van der Waals surface area contributed by atoms with Crippen LogP contribution in [0.1, 0.15) is 81.8 Å². The van der Waals surface area contributed by atoms with Crippen LogP contribution in [0.5, 0.6) is 0 Å². The van der Waals surface area contributed by atoms with Crippen molar-refractivity contribution in [2.24, 2.45) is 11.8 Å². The normalized spacial score (nSPS) is 14.1. The molecule has 63 heavy (non-hydrogen) atoms. The number of hydrogen-bond acceptors (Lipinski definition) is 0. The third kappa shape index (κ3) is 14.0. The van der Waals surface area contributed by atoms with Gasteiger partial charge in [-0.1, -0.05) is 167 Å². The van der Waals surface area contributed by atoms with Gasteiger partial charge in [0.05, 0.1) is 0 Å². The molecule has 0 amide bonds. The van der Waals surface area contributed by atoms with Crippen molar-refractivity contribution < 1.29 is 36.5 Å². The van der Waals surface area contributed by atoms with Crippen molar-refractivity contribution in [2.75, 3.05) is 0 Å². The van der Waals surface area contributed by atoms with Crippen LogP contribution < -0.4 is 0 Å². The van der Waals surface area contributed by atoms with Crippen molar-refractivity contribution in [2.45, 2.75) is 89.6 Å². The Kier molecular flexibility index (Phi) is 20.9. The predicted octanol–water partition coefficient (Wildman–Crippen LogP) is 17.7. The van der Waals surface area contributed by atoms with Gasteiger partial charge in [-0.3, -0.25) is 0 Å². The van der Waals surface area contributed by atoms with E-state index in [0.717, 1.165) is 11.8 Å². The first kappa shape index (κ1) is 52.2. The average Bonchev–Trinajstić information content (AvgIpc) is 3.91. The predicted molar refractivity (Wildman–Crippen MR) is 268 cm³/mol. The van der Waals surface area contributed by atoms with Crippen molar-refractivity contribution in [3.05, 3.63) is 171 Å². The minimum atomic E-state index is -4.07. The first-order chi connectivity index (χ1) is 29.3. The maximum Gasteiger partial charge on any atom is -0.0178 e. The second kappa shape index (κ2) is 25.3. The maximum absolute atomic E-state index is 10.7. The summed E-state index contributed by atoms with van der Waals surface area (Å²) >= 11 is 1.36. The molecule has 0 bridgehead atoms. The molecule has 8 aromatic carbocycles. The van der Waals surface area contributed by atoms with Crippen LogP contribution in [0.4, 0.5) is 13.2 Å². The minimum absolute atomic E-state index is 0. The quantitative estimate of drug-likeness (QED) is 0.115. The molecule has 2 fully saturated rings. The van der Waals surface area contributed by atoms with Gasteiger partial charge in [-0.15, -0.1) is 93.9 Å². The Hall–Kier alpha value is -3.47. The van der Waals surface area contributed by atoms with Crippen LogP contribution in [0.2, 0.25) is 0 Å². The summed E-state index contributed by atoms with van der Waals surface area (Å²) in [6, 6.07) is 54.2. The molecular formula is C56H59Cl2F3SiZr-4. The van der Waals surface area contributed by atoms with Crippen LogP contribution in [0.3, 0.4) is 0 Å². The number of hydrogen-bond donors (Lipinski definition) is 0.